The predicted molar refractivity (Wildman–Crippen MR) is 228 cm³/mol. The van der Waals surface area contributed by atoms with Crippen molar-refractivity contribution in [2.75, 3.05) is 39.6 Å². The molecule has 58 heavy (non-hydrogen) atoms. The van der Waals surface area contributed by atoms with E-state index in [2.05, 4.69) is 37.5 Å². The summed E-state index contributed by atoms with van der Waals surface area (Å²) in [6, 6.07) is 0. The summed E-state index contributed by atoms with van der Waals surface area (Å²) in [7, 11) is 0. The summed E-state index contributed by atoms with van der Waals surface area (Å²) < 4.78 is 23.3. The molecule has 4 aliphatic carbocycles. The van der Waals surface area contributed by atoms with E-state index in [1.54, 1.807) is 0 Å². The van der Waals surface area contributed by atoms with Crippen LogP contribution in [0.25, 0.3) is 0 Å². The van der Waals surface area contributed by atoms with Crippen LogP contribution in [0.2, 0.25) is 0 Å². The largest absolute Gasteiger partial charge is 0.353 e. The van der Waals surface area contributed by atoms with Gasteiger partial charge in [0.05, 0.1) is 26.4 Å². The fourth-order valence-electron chi connectivity index (χ4n) is 11.3. The minimum absolute atomic E-state index is 0.0774. The fraction of sp³-hybridized carbons (Fsp3) is 0.920. The van der Waals surface area contributed by atoms with Gasteiger partial charge < -0.3 is 18.9 Å². The molecule has 2 saturated heterocycles. The van der Waals surface area contributed by atoms with Gasteiger partial charge in [-0.2, -0.15) is 0 Å². The van der Waals surface area contributed by atoms with Crippen LogP contribution in [0.5, 0.6) is 0 Å². The van der Waals surface area contributed by atoms with Crippen molar-refractivity contribution in [1.29, 1.82) is 0 Å². The Morgan fingerprint density at radius 1 is 0.466 bits per heavy atom. The van der Waals surface area contributed by atoms with E-state index >= 15 is 0 Å². The van der Waals surface area contributed by atoms with E-state index in [1.165, 1.54) is 89.9 Å². The van der Waals surface area contributed by atoms with Gasteiger partial charge in [0.1, 0.15) is 0 Å². The summed E-state index contributed by atoms with van der Waals surface area (Å²) in [6.07, 6.45) is 32.5. The standard InChI is InChI=1S/C50H82O8/c1-3-13-41-17-21-43(22-18-41)45-25-31-49(32-26-45,57-55-39-11-37-53-47-15-5-9-35-51-47)29-7-8-30-50(58-56-40-12-38-54-48-16-6-10-36-52-48)33-27-46(28-34-50)44-23-19-42(14-4-2)20-24-44/h41-48H,3-6,9-28,31-40H2,1-2H3. The van der Waals surface area contributed by atoms with Gasteiger partial charge in [0.2, 0.25) is 0 Å². The smallest absolute Gasteiger partial charge is 0.164 e. The molecule has 2 aliphatic heterocycles. The van der Waals surface area contributed by atoms with Gasteiger partial charge in [-0.1, -0.05) is 77.1 Å². The summed E-state index contributed by atoms with van der Waals surface area (Å²) >= 11 is 0. The van der Waals surface area contributed by atoms with Gasteiger partial charge in [-0.05, 0) is 176 Å². The van der Waals surface area contributed by atoms with Crippen molar-refractivity contribution in [2.24, 2.45) is 35.5 Å². The second-order valence-corrected chi connectivity index (χ2v) is 19.2. The molecular weight excluding hydrogens is 729 g/mol. The van der Waals surface area contributed by atoms with E-state index in [1.807, 2.05) is 0 Å². The molecule has 0 amide bonds. The van der Waals surface area contributed by atoms with Crippen molar-refractivity contribution in [3.63, 3.8) is 0 Å². The molecule has 0 bridgehead atoms. The van der Waals surface area contributed by atoms with Crippen LogP contribution in [0, 0.1) is 59.2 Å². The third kappa shape index (κ3) is 15.3. The highest BCUT2D eigenvalue weighted by molar-refractivity contribution is 5.33. The SMILES string of the molecule is CCCC1CCC(C2CCC(C#CC#CC3(OOCCCOC4CCCCO4)CCC(C4CCC(CCC)CC4)CC3)(OOCCCOC3CCCCO3)CC2)CC1. The molecule has 330 valence electrons. The molecular formula is C50H82O8. The first-order valence-corrected chi connectivity index (χ1v) is 24.7. The minimum atomic E-state index is -0.640. The van der Waals surface area contributed by atoms with Gasteiger partial charge in [0.25, 0.3) is 0 Å². The van der Waals surface area contributed by atoms with E-state index < -0.39 is 11.2 Å². The molecule has 4 saturated carbocycles. The second-order valence-electron chi connectivity index (χ2n) is 19.2. The molecule has 0 aromatic heterocycles. The maximum Gasteiger partial charge on any atom is 0.164 e. The van der Waals surface area contributed by atoms with Crippen molar-refractivity contribution in [3.8, 4) is 23.7 Å². The third-order valence-corrected chi connectivity index (χ3v) is 14.9. The number of hydrogen-bond donors (Lipinski definition) is 0. The average molecular weight is 811 g/mol. The van der Waals surface area contributed by atoms with E-state index in [-0.39, 0.29) is 12.6 Å². The molecule has 0 aromatic carbocycles. The van der Waals surface area contributed by atoms with Crippen LogP contribution >= 0.6 is 0 Å². The Morgan fingerprint density at radius 3 is 1.22 bits per heavy atom. The van der Waals surface area contributed by atoms with Crippen molar-refractivity contribution in [1.82, 2.24) is 0 Å². The van der Waals surface area contributed by atoms with Crippen LogP contribution < -0.4 is 0 Å². The van der Waals surface area contributed by atoms with Crippen LogP contribution in [-0.2, 0) is 38.5 Å². The molecule has 8 heteroatoms. The first-order valence-electron chi connectivity index (χ1n) is 24.7. The zero-order valence-electron chi connectivity index (χ0n) is 36.9. The van der Waals surface area contributed by atoms with Gasteiger partial charge in [0, 0.05) is 13.2 Å². The van der Waals surface area contributed by atoms with Gasteiger partial charge in [-0.25, -0.2) is 19.6 Å². The van der Waals surface area contributed by atoms with Crippen LogP contribution in [0.15, 0.2) is 0 Å². The first kappa shape index (κ1) is 46.3. The molecule has 6 aliphatic rings. The predicted octanol–water partition coefficient (Wildman–Crippen LogP) is 11.8. The highest BCUT2D eigenvalue weighted by atomic mass is 17.2. The molecule has 6 fully saturated rings. The number of ether oxygens (including phenoxy) is 4. The highest BCUT2D eigenvalue weighted by Crippen LogP contribution is 2.46. The molecule has 0 spiro atoms. The lowest BCUT2D eigenvalue weighted by Gasteiger charge is -2.40. The Hall–Kier alpha value is -1.20. The lowest BCUT2D eigenvalue weighted by molar-refractivity contribution is -0.354. The molecule has 6 rings (SSSR count). The minimum Gasteiger partial charge on any atom is -0.353 e. The van der Waals surface area contributed by atoms with E-state index in [9.17, 15) is 0 Å². The normalized spacial score (nSPS) is 36.0. The van der Waals surface area contributed by atoms with Crippen molar-refractivity contribution < 1.29 is 38.5 Å². The van der Waals surface area contributed by atoms with Gasteiger partial charge in [0.15, 0.2) is 23.8 Å². The lowest BCUT2D eigenvalue weighted by atomic mass is 9.67. The van der Waals surface area contributed by atoms with Crippen LogP contribution in [0.3, 0.4) is 0 Å². The van der Waals surface area contributed by atoms with Gasteiger partial charge >= 0.3 is 0 Å². The Balaban J connectivity index is 1.05. The van der Waals surface area contributed by atoms with E-state index in [4.69, 9.17) is 38.5 Å². The van der Waals surface area contributed by atoms with E-state index in [0.717, 1.165) is 139 Å². The van der Waals surface area contributed by atoms with E-state index in [0.29, 0.717) is 26.4 Å². The van der Waals surface area contributed by atoms with Crippen molar-refractivity contribution in [2.45, 2.75) is 217 Å². The zero-order chi connectivity index (χ0) is 40.1. The zero-order valence-corrected chi connectivity index (χ0v) is 36.9. The van der Waals surface area contributed by atoms with Crippen LogP contribution in [-0.4, -0.2) is 63.4 Å². The average Bonchev–Trinajstić information content (AvgIpc) is 3.27. The van der Waals surface area contributed by atoms with Crippen molar-refractivity contribution in [3.05, 3.63) is 0 Å². The number of rotatable bonds is 20. The molecule has 2 atom stereocenters. The Morgan fingerprint density at radius 2 is 0.862 bits per heavy atom. The molecule has 0 N–H and O–H groups in total. The summed E-state index contributed by atoms with van der Waals surface area (Å²) in [5.74, 6) is 18.7. The summed E-state index contributed by atoms with van der Waals surface area (Å²) in [5.41, 5.74) is -1.28. The summed E-state index contributed by atoms with van der Waals surface area (Å²) in [4.78, 5) is 24.5. The second kappa shape index (κ2) is 25.7. The topological polar surface area (TPSA) is 73.8 Å². The number of hydrogen-bond acceptors (Lipinski definition) is 8. The molecule has 2 heterocycles. The highest BCUT2D eigenvalue weighted by Gasteiger charge is 2.41. The van der Waals surface area contributed by atoms with Crippen LogP contribution in [0.4, 0.5) is 0 Å². The monoisotopic (exact) mass is 811 g/mol. The van der Waals surface area contributed by atoms with Gasteiger partial charge in [-0.15, -0.1) is 0 Å². The summed E-state index contributed by atoms with van der Waals surface area (Å²) in [5, 5.41) is 0. The van der Waals surface area contributed by atoms with Crippen molar-refractivity contribution >= 4 is 0 Å². The quantitative estimate of drug-likeness (QED) is 0.0521. The Kier molecular flexibility index (Phi) is 20.5. The Bertz CT molecular complexity index is 1130. The Labute approximate surface area is 353 Å². The maximum absolute atomic E-state index is 6.31. The molecule has 0 aromatic rings. The summed E-state index contributed by atoms with van der Waals surface area (Å²) in [6.45, 7) is 8.40. The first-order chi connectivity index (χ1) is 28.6. The third-order valence-electron chi connectivity index (χ3n) is 14.9. The maximum atomic E-state index is 6.31. The molecule has 2 unspecified atom stereocenters. The van der Waals surface area contributed by atoms with Gasteiger partial charge in [-0.3, -0.25) is 0 Å². The molecule has 8 nitrogen and oxygen atoms in total. The lowest BCUT2D eigenvalue weighted by Crippen LogP contribution is -2.38. The van der Waals surface area contributed by atoms with Crippen LogP contribution in [0.1, 0.15) is 194 Å². The molecule has 0 radical (unpaired) electrons. The fourth-order valence-corrected chi connectivity index (χ4v) is 11.3.